The Bertz CT molecular complexity index is 841. The van der Waals surface area contributed by atoms with Crippen LogP contribution in [0.25, 0.3) is 11.3 Å². The molecule has 0 amide bonds. The highest BCUT2D eigenvalue weighted by molar-refractivity contribution is 5.59. The van der Waals surface area contributed by atoms with E-state index in [1.165, 1.54) is 22.4 Å². The van der Waals surface area contributed by atoms with Crippen LogP contribution in [0.1, 0.15) is 17.0 Å². The SMILES string of the molecule is Cc1ccccc1CNC[C@H]1Cn2c(-c3ccccc3)cnc2CO1. The number of hydrogen-bond donors (Lipinski definition) is 1. The topological polar surface area (TPSA) is 39.1 Å². The fourth-order valence-corrected chi connectivity index (χ4v) is 3.32. The molecule has 1 aromatic heterocycles. The lowest BCUT2D eigenvalue weighted by Crippen LogP contribution is -2.36. The Morgan fingerprint density at radius 2 is 1.92 bits per heavy atom. The number of fused-ring (bicyclic) bond motifs is 1. The summed E-state index contributed by atoms with van der Waals surface area (Å²) < 4.78 is 8.27. The highest BCUT2D eigenvalue weighted by atomic mass is 16.5. The molecule has 0 saturated heterocycles. The van der Waals surface area contributed by atoms with Gasteiger partial charge in [-0.15, -0.1) is 0 Å². The molecule has 0 radical (unpaired) electrons. The monoisotopic (exact) mass is 333 g/mol. The van der Waals surface area contributed by atoms with E-state index in [-0.39, 0.29) is 6.10 Å². The zero-order valence-corrected chi connectivity index (χ0v) is 14.5. The number of nitrogens with zero attached hydrogens (tertiary/aromatic N) is 2. The van der Waals surface area contributed by atoms with Gasteiger partial charge in [0.05, 0.1) is 24.5 Å². The minimum atomic E-state index is 0.160. The number of aryl methyl sites for hydroxylation is 1. The van der Waals surface area contributed by atoms with Crippen LogP contribution in [0.5, 0.6) is 0 Å². The van der Waals surface area contributed by atoms with E-state index < -0.39 is 0 Å². The minimum absolute atomic E-state index is 0.160. The van der Waals surface area contributed by atoms with Crippen molar-refractivity contribution in [1.82, 2.24) is 14.9 Å². The van der Waals surface area contributed by atoms with Crippen LogP contribution in [0.4, 0.5) is 0 Å². The molecule has 0 unspecified atom stereocenters. The number of aromatic nitrogens is 2. The van der Waals surface area contributed by atoms with Crippen LogP contribution >= 0.6 is 0 Å². The average molecular weight is 333 g/mol. The molecule has 0 spiro atoms. The molecule has 2 aromatic carbocycles. The third kappa shape index (κ3) is 3.50. The fourth-order valence-electron chi connectivity index (χ4n) is 3.32. The number of rotatable bonds is 5. The molecule has 128 valence electrons. The summed E-state index contributed by atoms with van der Waals surface area (Å²) in [5.74, 6) is 1.01. The third-order valence-corrected chi connectivity index (χ3v) is 4.79. The number of imidazole rings is 1. The van der Waals surface area contributed by atoms with Crippen molar-refractivity contribution >= 4 is 0 Å². The van der Waals surface area contributed by atoms with Crippen molar-refractivity contribution < 1.29 is 4.74 Å². The van der Waals surface area contributed by atoms with Gasteiger partial charge in [-0.1, -0.05) is 54.6 Å². The van der Waals surface area contributed by atoms with Crippen LogP contribution in [0.2, 0.25) is 0 Å². The normalized spacial score (nSPS) is 16.6. The van der Waals surface area contributed by atoms with Gasteiger partial charge in [0.25, 0.3) is 0 Å². The van der Waals surface area contributed by atoms with E-state index in [2.05, 4.69) is 70.3 Å². The molecule has 1 aliphatic heterocycles. The summed E-state index contributed by atoms with van der Waals surface area (Å²) in [7, 11) is 0. The summed E-state index contributed by atoms with van der Waals surface area (Å²) in [6.07, 6.45) is 2.12. The number of nitrogens with one attached hydrogen (secondary N) is 1. The quantitative estimate of drug-likeness (QED) is 0.776. The van der Waals surface area contributed by atoms with Crippen molar-refractivity contribution in [2.24, 2.45) is 0 Å². The molecular formula is C21H23N3O. The second-order valence-electron chi connectivity index (χ2n) is 6.53. The molecule has 4 nitrogen and oxygen atoms in total. The predicted molar refractivity (Wildman–Crippen MR) is 99.1 cm³/mol. The van der Waals surface area contributed by atoms with Gasteiger partial charge in [-0.3, -0.25) is 0 Å². The standard InChI is InChI=1S/C21H23N3O/c1-16-7-5-6-10-18(16)11-22-12-19-14-24-20(13-23-21(24)15-25-19)17-8-3-2-4-9-17/h2-10,13,19,22H,11-12,14-15H2,1H3/t19-/m0/s1. The molecule has 0 bridgehead atoms. The molecule has 0 saturated carbocycles. The van der Waals surface area contributed by atoms with Crippen molar-refractivity contribution in [2.45, 2.75) is 32.7 Å². The van der Waals surface area contributed by atoms with Gasteiger partial charge in [0.1, 0.15) is 12.4 Å². The second-order valence-corrected chi connectivity index (χ2v) is 6.53. The van der Waals surface area contributed by atoms with Crippen molar-refractivity contribution in [3.05, 3.63) is 77.7 Å². The predicted octanol–water partition coefficient (Wildman–Crippen LogP) is 3.55. The maximum atomic E-state index is 5.98. The summed E-state index contributed by atoms with van der Waals surface area (Å²) in [5.41, 5.74) is 5.03. The third-order valence-electron chi connectivity index (χ3n) is 4.79. The number of hydrogen-bond acceptors (Lipinski definition) is 3. The van der Waals surface area contributed by atoms with Crippen LogP contribution in [-0.2, 0) is 24.4 Å². The van der Waals surface area contributed by atoms with E-state index >= 15 is 0 Å². The van der Waals surface area contributed by atoms with Gasteiger partial charge in [-0.2, -0.15) is 0 Å². The summed E-state index contributed by atoms with van der Waals surface area (Å²) in [6.45, 7) is 5.26. The highest BCUT2D eigenvalue weighted by Crippen LogP contribution is 2.24. The Balaban J connectivity index is 1.41. The Kier molecular flexibility index (Phi) is 4.63. The molecule has 1 atom stereocenters. The van der Waals surface area contributed by atoms with Crippen molar-refractivity contribution in [1.29, 1.82) is 0 Å². The van der Waals surface area contributed by atoms with Gasteiger partial charge in [-0.05, 0) is 23.6 Å². The first-order valence-corrected chi connectivity index (χ1v) is 8.78. The summed E-state index contributed by atoms with van der Waals surface area (Å²) >= 11 is 0. The molecule has 0 aliphatic carbocycles. The largest absolute Gasteiger partial charge is 0.367 e. The molecule has 1 aliphatic rings. The van der Waals surface area contributed by atoms with E-state index in [9.17, 15) is 0 Å². The Morgan fingerprint density at radius 3 is 2.76 bits per heavy atom. The van der Waals surface area contributed by atoms with Gasteiger partial charge in [-0.25, -0.2) is 4.98 Å². The molecule has 0 fully saturated rings. The molecule has 3 aromatic rings. The van der Waals surface area contributed by atoms with Crippen LogP contribution in [0, 0.1) is 6.92 Å². The summed E-state index contributed by atoms with van der Waals surface area (Å²) in [4.78, 5) is 4.52. The Morgan fingerprint density at radius 1 is 1.12 bits per heavy atom. The lowest BCUT2D eigenvalue weighted by atomic mass is 10.1. The maximum Gasteiger partial charge on any atom is 0.135 e. The molecule has 2 heterocycles. The molecular weight excluding hydrogens is 310 g/mol. The molecule has 1 N–H and O–H groups in total. The first-order valence-electron chi connectivity index (χ1n) is 8.78. The van der Waals surface area contributed by atoms with Crippen LogP contribution in [-0.4, -0.2) is 22.2 Å². The summed E-state index contributed by atoms with van der Waals surface area (Å²) in [6, 6.07) is 18.9. The lowest BCUT2D eigenvalue weighted by molar-refractivity contribution is 0.00325. The van der Waals surface area contributed by atoms with E-state index in [0.717, 1.165) is 25.5 Å². The summed E-state index contributed by atoms with van der Waals surface area (Å²) in [5, 5.41) is 3.54. The van der Waals surface area contributed by atoms with Crippen molar-refractivity contribution in [2.75, 3.05) is 6.54 Å². The highest BCUT2D eigenvalue weighted by Gasteiger charge is 2.22. The number of ether oxygens (including phenoxy) is 1. The van der Waals surface area contributed by atoms with E-state index in [1.54, 1.807) is 0 Å². The zero-order chi connectivity index (χ0) is 17.1. The van der Waals surface area contributed by atoms with Gasteiger partial charge >= 0.3 is 0 Å². The van der Waals surface area contributed by atoms with Crippen LogP contribution in [0.3, 0.4) is 0 Å². The van der Waals surface area contributed by atoms with E-state index in [4.69, 9.17) is 4.74 Å². The smallest absolute Gasteiger partial charge is 0.135 e. The second kappa shape index (κ2) is 7.21. The Labute approximate surface area is 148 Å². The van der Waals surface area contributed by atoms with Gasteiger partial charge in [0.15, 0.2) is 0 Å². The first kappa shape index (κ1) is 16.1. The van der Waals surface area contributed by atoms with Crippen LogP contribution in [0.15, 0.2) is 60.8 Å². The Hall–Kier alpha value is -2.43. The molecule has 4 rings (SSSR count). The average Bonchev–Trinajstić information content (AvgIpc) is 3.07. The van der Waals surface area contributed by atoms with E-state index in [0.29, 0.717) is 6.61 Å². The van der Waals surface area contributed by atoms with Gasteiger partial charge in [0, 0.05) is 13.1 Å². The van der Waals surface area contributed by atoms with Crippen LogP contribution < -0.4 is 5.32 Å². The lowest BCUT2D eigenvalue weighted by Gasteiger charge is -2.26. The maximum absolute atomic E-state index is 5.98. The van der Waals surface area contributed by atoms with Gasteiger partial charge in [0.2, 0.25) is 0 Å². The van der Waals surface area contributed by atoms with Crippen molar-refractivity contribution in [3.8, 4) is 11.3 Å². The zero-order valence-electron chi connectivity index (χ0n) is 14.5. The fraction of sp³-hybridized carbons (Fsp3) is 0.286. The van der Waals surface area contributed by atoms with Gasteiger partial charge < -0.3 is 14.6 Å². The minimum Gasteiger partial charge on any atom is -0.367 e. The number of benzene rings is 2. The molecule has 25 heavy (non-hydrogen) atoms. The molecule has 4 heteroatoms. The van der Waals surface area contributed by atoms with E-state index in [1.807, 2.05) is 12.3 Å². The van der Waals surface area contributed by atoms with Crippen molar-refractivity contribution in [3.63, 3.8) is 0 Å². The first-order chi connectivity index (χ1) is 12.3.